The van der Waals surface area contributed by atoms with Crippen molar-refractivity contribution in [2.24, 2.45) is 0 Å². The molecular formula is C56H36N2O. The van der Waals surface area contributed by atoms with Crippen molar-refractivity contribution < 1.29 is 4.42 Å². The van der Waals surface area contributed by atoms with Crippen molar-refractivity contribution in [3.63, 3.8) is 0 Å². The monoisotopic (exact) mass is 752 g/mol. The van der Waals surface area contributed by atoms with E-state index in [1.54, 1.807) is 0 Å². The summed E-state index contributed by atoms with van der Waals surface area (Å²) in [7, 11) is 0. The van der Waals surface area contributed by atoms with Crippen LogP contribution in [0.25, 0.3) is 93.2 Å². The zero-order valence-electron chi connectivity index (χ0n) is 32.1. The number of para-hydroxylation sites is 4. The molecule has 0 N–H and O–H groups in total. The van der Waals surface area contributed by atoms with Gasteiger partial charge in [0.15, 0.2) is 0 Å². The van der Waals surface area contributed by atoms with E-state index in [-0.39, 0.29) is 0 Å². The van der Waals surface area contributed by atoms with Crippen molar-refractivity contribution >= 4 is 82.4 Å². The SMILES string of the molecule is c1ccc(N(c2cccc(-c3ccc4c(ccc5ccccc54)c3)c2)c2ccc3c(oc4ccccc43)c2-c2cccc(-n3c4ccccc4c4ccccc43)c2)cc1. The first-order chi connectivity index (χ1) is 29.3. The fourth-order valence-corrected chi connectivity index (χ4v) is 9.27. The van der Waals surface area contributed by atoms with Gasteiger partial charge < -0.3 is 13.9 Å². The third kappa shape index (κ3) is 5.36. The van der Waals surface area contributed by atoms with E-state index in [0.29, 0.717) is 0 Å². The van der Waals surface area contributed by atoms with Crippen LogP contribution >= 0.6 is 0 Å². The van der Waals surface area contributed by atoms with Gasteiger partial charge in [0, 0.05) is 44.2 Å². The number of benzene rings is 10. The molecule has 0 unspecified atom stereocenters. The van der Waals surface area contributed by atoms with Gasteiger partial charge in [-0.2, -0.15) is 0 Å². The molecule has 0 atom stereocenters. The number of aromatic nitrogens is 1. The fourth-order valence-electron chi connectivity index (χ4n) is 9.27. The van der Waals surface area contributed by atoms with Gasteiger partial charge in [0.2, 0.25) is 0 Å². The van der Waals surface area contributed by atoms with Crippen molar-refractivity contribution in [1.82, 2.24) is 4.57 Å². The first-order valence-electron chi connectivity index (χ1n) is 20.2. The highest BCUT2D eigenvalue weighted by molar-refractivity contribution is 6.14. The molecule has 2 heterocycles. The quantitative estimate of drug-likeness (QED) is 0.158. The smallest absolute Gasteiger partial charge is 0.145 e. The van der Waals surface area contributed by atoms with Crippen LogP contribution in [0.4, 0.5) is 17.1 Å². The number of rotatable bonds is 6. The topological polar surface area (TPSA) is 21.3 Å². The highest BCUT2D eigenvalue weighted by Crippen LogP contribution is 2.47. The maximum Gasteiger partial charge on any atom is 0.145 e. The van der Waals surface area contributed by atoms with Crippen LogP contribution in [0.1, 0.15) is 0 Å². The fraction of sp³-hybridized carbons (Fsp3) is 0. The van der Waals surface area contributed by atoms with E-state index in [1.165, 1.54) is 48.9 Å². The van der Waals surface area contributed by atoms with Gasteiger partial charge in [-0.1, -0.05) is 146 Å². The van der Waals surface area contributed by atoms with Gasteiger partial charge in [0.25, 0.3) is 0 Å². The Balaban J connectivity index is 1.09. The van der Waals surface area contributed by atoms with Crippen LogP contribution in [0.3, 0.4) is 0 Å². The Morgan fingerprint density at radius 1 is 0.356 bits per heavy atom. The van der Waals surface area contributed by atoms with E-state index in [9.17, 15) is 0 Å². The molecule has 0 saturated carbocycles. The van der Waals surface area contributed by atoms with Gasteiger partial charge in [-0.3, -0.25) is 0 Å². The van der Waals surface area contributed by atoms with E-state index in [0.717, 1.165) is 61.4 Å². The molecule has 12 aromatic rings. The van der Waals surface area contributed by atoms with Gasteiger partial charge in [0.1, 0.15) is 11.2 Å². The molecule has 10 aromatic carbocycles. The Morgan fingerprint density at radius 2 is 0.966 bits per heavy atom. The summed E-state index contributed by atoms with van der Waals surface area (Å²) in [5, 5.41) is 9.70. The van der Waals surface area contributed by atoms with Crippen molar-refractivity contribution in [3.8, 4) is 27.9 Å². The van der Waals surface area contributed by atoms with Crippen LogP contribution in [0, 0.1) is 0 Å². The minimum absolute atomic E-state index is 0.863. The van der Waals surface area contributed by atoms with E-state index >= 15 is 0 Å². The molecule has 0 aliphatic rings. The molecule has 0 saturated heterocycles. The summed E-state index contributed by atoms with van der Waals surface area (Å²) < 4.78 is 9.29. The molecule has 3 heteroatoms. The molecule has 2 aromatic heterocycles. The second-order valence-corrected chi connectivity index (χ2v) is 15.3. The van der Waals surface area contributed by atoms with Crippen molar-refractivity contribution in [1.29, 1.82) is 0 Å². The zero-order chi connectivity index (χ0) is 38.9. The van der Waals surface area contributed by atoms with Gasteiger partial charge in [-0.15, -0.1) is 0 Å². The summed E-state index contributed by atoms with van der Waals surface area (Å²) in [5.41, 5.74) is 12.8. The van der Waals surface area contributed by atoms with Crippen LogP contribution in [0.5, 0.6) is 0 Å². The number of anilines is 3. The second-order valence-electron chi connectivity index (χ2n) is 15.3. The molecule has 3 nitrogen and oxygen atoms in total. The van der Waals surface area contributed by atoms with Crippen molar-refractivity contribution in [2.75, 3.05) is 4.90 Å². The average molecular weight is 753 g/mol. The number of furan rings is 1. The Hall–Kier alpha value is -7.88. The van der Waals surface area contributed by atoms with Gasteiger partial charge in [-0.05, 0) is 111 Å². The standard InChI is InChI=1S/C56H36N2O/c1-2-17-42(18-3-1)57(43-19-12-15-38(35-43)39-30-31-46-40(34-39)29-28-37-14-4-5-21-45(37)46)53-33-32-50-49-24-8-11-27-54(49)59-56(50)55(53)41-16-13-20-44(36-41)58-51-25-9-6-22-47(51)48-23-7-10-26-52(48)58/h1-36H. The van der Waals surface area contributed by atoms with Crippen LogP contribution in [-0.2, 0) is 0 Å². The molecular weight excluding hydrogens is 717 g/mol. The maximum atomic E-state index is 6.90. The summed E-state index contributed by atoms with van der Waals surface area (Å²) >= 11 is 0. The third-order valence-electron chi connectivity index (χ3n) is 11.9. The van der Waals surface area contributed by atoms with E-state index in [1.807, 2.05) is 6.07 Å². The summed E-state index contributed by atoms with van der Waals surface area (Å²) in [5.74, 6) is 0. The van der Waals surface area contributed by atoms with Gasteiger partial charge >= 0.3 is 0 Å². The molecule has 0 amide bonds. The van der Waals surface area contributed by atoms with E-state index < -0.39 is 0 Å². The Morgan fingerprint density at radius 3 is 1.80 bits per heavy atom. The first-order valence-corrected chi connectivity index (χ1v) is 20.2. The summed E-state index contributed by atoms with van der Waals surface area (Å²) in [4.78, 5) is 2.38. The average Bonchev–Trinajstić information content (AvgIpc) is 3.85. The summed E-state index contributed by atoms with van der Waals surface area (Å²) in [6.07, 6.45) is 0. The molecule has 0 aliphatic carbocycles. The predicted octanol–water partition coefficient (Wildman–Crippen LogP) is 15.8. The molecule has 0 bridgehead atoms. The van der Waals surface area contributed by atoms with Crippen LogP contribution < -0.4 is 4.90 Å². The zero-order valence-corrected chi connectivity index (χ0v) is 32.1. The molecule has 0 fully saturated rings. The number of hydrogen-bond donors (Lipinski definition) is 0. The highest BCUT2D eigenvalue weighted by atomic mass is 16.3. The lowest BCUT2D eigenvalue weighted by molar-refractivity contribution is 0.670. The lowest BCUT2D eigenvalue weighted by Gasteiger charge is -2.28. The normalized spacial score (nSPS) is 11.7. The Bertz CT molecular complexity index is 3520. The molecule has 0 aliphatic heterocycles. The Labute approximate surface area is 341 Å². The lowest BCUT2D eigenvalue weighted by Crippen LogP contribution is -2.11. The minimum atomic E-state index is 0.863. The summed E-state index contributed by atoms with van der Waals surface area (Å²) in [6.45, 7) is 0. The molecule has 0 spiro atoms. The van der Waals surface area contributed by atoms with Crippen LogP contribution in [0.15, 0.2) is 223 Å². The van der Waals surface area contributed by atoms with Crippen LogP contribution in [-0.4, -0.2) is 4.57 Å². The summed E-state index contributed by atoms with van der Waals surface area (Å²) in [6, 6.07) is 78.7. The highest BCUT2D eigenvalue weighted by Gasteiger charge is 2.24. The molecule has 0 radical (unpaired) electrons. The Kier molecular flexibility index (Phi) is 7.54. The van der Waals surface area contributed by atoms with Crippen molar-refractivity contribution in [3.05, 3.63) is 218 Å². The number of fused-ring (bicyclic) bond motifs is 9. The minimum Gasteiger partial charge on any atom is -0.455 e. The van der Waals surface area contributed by atoms with E-state index in [2.05, 4.69) is 222 Å². The predicted molar refractivity (Wildman–Crippen MR) is 249 cm³/mol. The maximum absolute atomic E-state index is 6.90. The lowest BCUT2D eigenvalue weighted by atomic mass is 9.96. The molecule has 276 valence electrons. The molecule has 59 heavy (non-hydrogen) atoms. The molecule has 12 rings (SSSR count). The number of hydrogen-bond acceptors (Lipinski definition) is 2. The number of nitrogens with zero attached hydrogens (tertiary/aromatic N) is 2. The van der Waals surface area contributed by atoms with Crippen LogP contribution in [0.2, 0.25) is 0 Å². The van der Waals surface area contributed by atoms with Gasteiger partial charge in [-0.25, -0.2) is 0 Å². The van der Waals surface area contributed by atoms with Gasteiger partial charge in [0.05, 0.1) is 16.7 Å². The van der Waals surface area contributed by atoms with E-state index in [4.69, 9.17) is 4.42 Å². The largest absolute Gasteiger partial charge is 0.455 e. The second kappa shape index (κ2) is 13.4. The third-order valence-corrected chi connectivity index (χ3v) is 11.9. The van der Waals surface area contributed by atoms with Crippen molar-refractivity contribution in [2.45, 2.75) is 0 Å². The first kappa shape index (κ1) is 33.3.